The van der Waals surface area contributed by atoms with Gasteiger partial charge >= 0.3 is 0 Å². The number of imidazole rings is 1. The van der Waals surface area contributed by atoms with Crippen LogP contribution in [0.4, 0.5) is 11.5 Å². The molecule has 2 saturated heterocycles. The number of piperidine rings is 1. The molecule has 5 rings (SSSR count). The highest BCUT2D eigenvalue weighted by Crippen LogP contribution is 2.34. The Morgan fingerprint density at radius 2 is 2.03 bits per heavy atom. The van der Waals surface area contributed by atoms with Crippen molar-refractivity contribution in [1.29, 1.82) is 5.26 Å². The zero-order valence-corrected chi connectivity index (χ0v) is 21.3. The number of halogens is 1. The number of sulfonamides is 1. The van der Waals surface area contributed by atoms with Crippen LogP contribution < -0.4 is 9.62 Å². The van der Waals surface area contributed by atoms with Crippen molar-refractivity contribution in [3.8, 4) is 6.07 Å². The predicted molar refractivity (Wildman–Crippen MR) is 136 cm³/mol. The molecule has 36 heavy (non-hydrogen) atoms. The number of hydrogen-bond acceptors (Lipinski definition) is 7. The van der Waals surface area contributed by atoms with Gasteiger partial charge in [-0.25, -0.2) is 17.9 Å². The number of likely N-dealkylation sites (tertiary alicyclic amines) is 1. The number of carbonyl (C=O) groups is 1. The second-order valence-corrected chi connectivity index (χ2v) is 11.5. The first kappa shape index (κ1) is 24.3. The highest BCUT2D eigenvalue weighted by molar-refractivity contribution is 7.92. The van der Waals surface area contributed by atoms with Crippen LogP contribution in [0, 0.1) is 17.2 Å². The van der Waals surface area contributed by atoms with Crippen molar-refractivity contribution >= 4 is 44.7 Å². The smallest absolute Gasteiger partial charge is 0.256 e. The van der Waals surface area contributed by atoms with Crippen molar-refractivity contribution in [1.82, 2.24) is 19.5 Å². The van der Waals surface area contributed by atoms with Crippen LogP contribution in [0.2, 0.25) is 5.02 Å². The van der Waals surface area contributed by atoms with E-state index in [1.54, 1.807) is 15.5 Å². The molecule has 2 fully saturated rings. The van der Waals surface area contributed by atoms with Crippen molar-refractivity contribution in [3.05, 3.63) is 52.8 Å². The fraction of sp³-hybridized carbons (Fsp3) is 0.417. The fourth-order valence-electron chi connectivity index (χ4n) is 4.91. The van der Waals surface area contributed by atoms with E-state index in [0.29, 0.717) is 23.8 Å². The van der Waals surface area contributed by atoms with Gasteiger partial charge in [0.15, 0.2) is 5.65 Å². The molecule has 0 spiro atoms. The second kappa shape index (κ2) is 9.59. The third-order valence-corrected chi connectivity index (χ3v) is 7.46. The second-order valence-electron chi connectivity index (χ2n) is 9.30. The number of aromatic nitrogens is 3. The summed E-state index contributed by atoms with van der Waals surface area (Å²) in [6, 6.07) is 10.4. The van der Waals surface area contributed by atoms with E-state index in [4.69, 9.17) is 21.7 Å². The van der Waals surface area contributed by atoms with Crippen molar-refractivity contribution in [2.75, 3.05) is 35.5 Å². The van der Waals surface area contributed by atoms with Crippen LogP contribution >= 0.6 is 11.6 Å². The van der Waals surface area contributed by atoms with Gasteiger partial charge in [0, 0.05) is 24.7 Å². The van der Waals surface area contributed by atoms with Crippen LogP contribution in [0.15, 0.2) is 36.5 Å². The third kappa shape index (κ3) is 4.96. The molecule has 10 nitrogen and oxygen atoms in total. The van der Waals surface area contributed by atoms with Gasteiger partial charge in [-0.2, -0.15) is 5.26 Å². The number of benzene rings is 1. The average molecular weight is 528 g/mol. The van der Waals surface area contributed by atoms with Crippen LogP contribution in [-0.4, -0.2) is 59.7 Å². The van der Waals surface area contributed by atoms with Crippen molar-refractivity contribution in [3.63, 3.8) is 0 Å². The molecule has 0 aliphatic carbocycles. The van der Waals surface area contributed by atoms with E-state index in [0.717, 1.165) is 50.0 Å². The lowest BCUT2D eigenvalue weighted by Gasteiger charge is -2.35. The van der Waals surface area contributed by atoms with E-state index in [1.807, 2.05) is 18.3 Å². The Morgan fingerprint density at radius 1 is 1.19 bits per heavy atom. The van der Waals surface area contributed by atoms with Gasteiger partial charge in [0.2, 0.25) is 10.0 Å². The number of nitriles is 1. The molecule has 2 aliphatic rings. The van der Waals surface area contributed by atoms with Crippen LogP contribution in [0.3, 0.4) is 0 Å². The standard InChI is InChI=1S/C24H26ClN7O3S/c1-36(34,35)29-19-6-5-17(25)12-18(19)24(33)31-10-3-2-4-21(31)20-15-32-22(27-20)7-8-23(28-32)30-11-9-16(13-26)14-30/h5-8,12,15-16,21,29H,2-4,9-11,14H2,1H3/t16-,21+/m1/s1. The largest absolute Gasteiger partial charge is 0.354 e. The minimum absolute atomic E-state index is 0.0104. The molecule has 2 aliphatic heterocycles. The molecular formula is C24H26ClN7O3S. The molecule has 0 unspecified atom stereocenters. The first-order chi connectivity index (χ1) is 17.2. The van der Waals surface area contributed by atoms with E-state index in [1.165, 1.54) is 12.1 Å². The topological polar surface area (TPSA) is 124 Å². The molecule has 4 heterocycles. The molecular weight excluding hydrogens is 502 g/mol. The van der Waals surface area contributed by atoms with E-state index >= 15 is 0 Å². The summed E-state index contributed by atoms with van der Waals surface area (Å²) in [7, 11) is -3.59. The van der Waals surface area contributed by atoms with E-state index in [-0.39, 0.29) is 29.1 Å². The Balaban J connectivity index is 1.45. The summed E-state index contributed by atoms with van der Waals surface area (Å²) in [6.45, 7) is 1.96. The maximum Gasteiger partial charge on any atom is 0.256 e. The number of amides is 1. The Bertz CT molecular complexity index is 1470. The number of nitrogens with one attached hydrogen (secondary N) is 1. The number of carbonyl (C=O) groups excluding carboxylic acids is 1. The number of nitrogens with zero attached hydrogens (tertiary/aromatic N) is 6. The van der Waals surface area contributed by atoms with Crippen LogP contribution in [0.25, 0.3) is 5.65 Å². The van der Waals surface area contributed by atoms with Crippen LogP contribution in [-0.2, 0) is 10.0 Å². The average Bonchev–Trinajstić information content (AvgIpc) is 3.50. The molecule has 1 aromatic carbocycles. The molecule has 0 radical (unpaired) electrons. The van der Waals surface area contributed by atoms with Crippen molar-refractivity contribution in [2.24, 2.45) is 5.92 Å². The van der Waals surface area contributed by atoms with Crippen LogP contribution in [0.1, 0.15) is 47.8 Å². The quantitative estimate of drug-likeness (QED) is 0.538. The summed E-state index contributed by atoms with van der Waals surface area (Å²) in [5.74, 6) is 0.492. The predicted octanol–water partition coefficient (Wildman–Crippen LogP) is 3.47. The Hall–Kier alpha value is -3.36. The summed E-state index contributed by atoms with van der Waals surface area (Å²) in [5.41, 5.74) is 1.79. The van der Waals surface area contributed by atoms with E-state index in [2.05, 4.69) is 15.7 Å². The Labute approximate surface area is 214 Å². The third-order valence-electron chi connectivity index (χ3n) is 6.63. The van der Waals surface area contributed by atoms with Crippen LogP contribution in [0.5, 0.6) is 0 Å². The lowest BCUT2D eigenvalue weighted by Crippen LogP contribution is -2.39. The molecule has 1 amide bonds. The van der Waals surface area contributed by atoms with E-state index in [9.17, 15) is 18.5 Å². The lowest BCUT2D eigenvalue weighted by atomic mass is 9.98. The summed E-state index contributed by atoms with van der Waals surface area (Å²) in [4.78, 5) is 22.3. The van der Waals surface area contributed by atoms with Gasteiger partial charge in [-0.15, -0.1) is 5.10 Å². The summed E-state index contributed by atoms with van der Waals surface area (Å²) < 4.78 is 27.9. The molecule has 1 N–H and O–H groups in total. The van der Waals surface area contributed by atoms with Gasteiger partial charge in [-0.3, -0.25) is 9.52 Å². The van der Waals surface area contributed by atoms with Crippen molar-refractivity contribution < 1.29 is 13.2 Å². The highest BCUT2D eigenvalue weighted by Gasteiger charge is 2.32. The normalized spacial score (nSPS) is 20.5. The zero-order chi connectivity index (χ0) is 25.4. The Morgan fingerprint density at radius 3 is 2.78 bits per heavy atom. The fourth-order valence-corrected chi connectivity index (χ4v) is 5.66. The van der Waals surface area contributed by atoms with Crippen molar-refractivity contribution in [2.45, 2.75) is 31.7 Å². The summed E-state index contributed by atoms with van der Waals surface area (Å²) in [6.07, 6.45) is 6.22. The molecule has 2 atom stereocenters. The minimum atomic E-state index is -3.59. The summed E-state index contributed by atoms with van der Waals surface area (Å²) >= 11 is 6.17. The molecule has 2 aromatic heterocycles. The van der Waals surface area contributed by atoms with E-state index < -0.39 is 10.0 Å². The van der Waals surface area contributed by atoms with Gasteiger partial charge in [-0.1, -0.05) is 11.6 Å². The molecule has 0 saturated carbocycles. The minimum Gasteiger partial charge on any atom is -0.354 e. The Kier molecular flexibility index (Phi) is 6.49. The SMILES string of the molecule is CS(=O)(=O)Nc1ccc(Cl)cc1C(=O)N1CCCC[C@H]1c1cn2nc(N3CC[C@H](C#N)C3)ccc2n1. The van der Waals surface area contributed by atoms with Gasteiger partial charge in [0.05, 0.1) is 47.4 Å². The molecule has 3 aromatic rings. The highest BCUT2D eigenvalue weighted by atomic mass is 35.5. The number of fused-ring (bicyclic) bond motifs is 1. The van der Waals surface area contributed by atoms with Gasteiger partial charge in [-0.05, 0) is 56.0 Å². The first-order valence-corrected chi connectivity index (χ1v) is 14.1. The summed E-state index contributed by atoms with van der Waals surface area (Å²) in [5, 5.41) is 14.3. The number of rotatable bonds is 5. The van der Waals surface area contributed by atoms with Gasteiger partial charge < -0.3 is 9.80 Å². The molecule has 188 valence electrons. The zero-order valence-electron chi connectivity index (χ0n) is 19.8. The maximum atomic E-state index is 13.7. The van der Waals surface area contributed by atoms with Gasteiger partial charge in [0.25, 0.3) is 5.91 Å². The lowest BCUT2D eigenvalue weighted by molar-refractivity contribution is 0.0607. The first-order valence-electron chi connectivity index (χ1n) is 11.8. The molecule has 12 heteroatoms. The van der Waals surface area contributed by atoms with Gasteiger partial charge in [0.1, 0.15) is 5.82 Å². The maximum absolute atomic E-state index is 13.7. The number of hydrogen-bond donors (Lipinski definition) is 1. The monoisotopic (exact) mass is 527 g/mol. The number of anilines is 2. The molecule has 0 bridgehead atoms.